The van der Waals surface area contributed by atoms with Gasteiger partial charge in [0.1, 0.15) is 0 Å². The van der Waals surface area contributed by atoms with Gasteiger partial charge in [-0.25, -0.2) is 0 Å². The van der Waals surface area contributed by atoms with Crippen molar-refractivity contribution in [2.24, 2.45) is 5.73 Å². The van der Waals surface area contributed by atoms with Crippen molar-refractivity contribution < 1.29 is 0 Å². The Morgan fingerprint density at radius 3 is 2.40 bits per heavy atom. The largest absolute Gasteiger partial charge is 0.328 e. The molecule has 0 heterocycles. The summed E-state index contributed by atoms with van der Waals surface area (Å²) in [4.78, 5) is 0. The lowest BCUT2D eigenvalue weighted by Crippen LogP contribution is -2.14. The van der Waals surface area contributed by atoms with Crippen LogP contribution in [-0.4, -0.2) is 6.04 Å². The molecule has 1 aromatic carbocycles. The molecule has 1 nitrogen and oxygen atoms in total. The molecule has 2 rings (SSSR count). The third-order valence-corrected chi connectivity index (χ3v) is 3.63. The Labute approximate surface area is 106 Å². The lowest BCUT2D eigenvalue weighted by atomic mass is 9.98. The van der Waals surface area contributed by atoms with Crippen LogP contribution in [0.2, 0.25) is 10.0 Å². The van der Waals surface area contributed by atoms with Gasteiger partial charge >= 0.3 is 0 Å². The molecule has 1 unspecified atom stereocenters. The Hall–Kier alpha value is 0.0500. The molecule has 4 heteroatoms. The molecular formula is C11H14Cl3N. The number of hydrogen-bond acceptors (Lipinski definition) is 1. The van der Waals surface area contributed by atoms with Crippen LogP contribution in [0.15, 0.2) is 18.2 Å². The van der Waals surface area contributed by atoms with Gasteiger partial charge in [-0.15, -0.1) is 12.4 Å². The predicted molar refractivity (Wildman–Crippen MR) is 68.3 cm³/mol. The van der Waals surface area contributed by atoms with Crippen molar-refractivity contribution in [2.75, 3.05) is 0 Å². The molecule has 2 atom stereocenters. The number of halogens is 3. The number of hydrogen-bond donors (Lipinski definition) is 1. The van der Waals surface area contributed by atoms with E-state index in [4.69, 9.17) is 28.9 Å². The van der Waals surface area contributed by atoms with Gasteiger partial charge in [-0.1, -0.05) is 29.3 Å². The first-order valence-electron chi connectivity index (χ1n) is 4.87. The summed E-state index contributed by atoms with van der Waals surface area (Å²) in [7, 11) is 0. The monoisotopic (exact) mass is 265 g/mol. The van der Waals surface area contributed by atoms with E-state index in [0.717, 1.165) is 12.8 Å². The first kappa shape index (κ1) is 13.1. The molecule has 0 bridgehead atoms. The van der Waals surface area contributed by atoms with Crippen LogP contribution in [0.25, 0.3) is 0 Å². The van der Waals surface area contributed by atoms with E-state index in [1.165, 1.54) is 12.0 Å². The Morgan fingerprint density at radius 1 is 1.13 bits per heavy atom. The van der Waals surface area contributed by atoms with Crippen molar-refractivity contribution in [3.63, 3.8) is 0 Å². The zero-order valence-corrected chi connectivity index (χ0v) is 10.6. The fourth-order valence-corrected chi connectivity index (χ4v) is 2.39. The number of rotatable bonds is 1. The van der Waals surface area contributed by atoms with Crippen LogP contribution < -0.4 is 5.73 Å². The van der Waals surface area contributed by atoms with Gasteiger partial charge in [-0.2, -0.15) is 0 Å². The maximum Gasteiger partial charge on any atom is 0.0595 e. The summed E-state index contributed by atoms with van der Waals surface area (Å²) in [5.74, 6) is 0.569. The first-order valence-corrected chi connectivity index (χ1v) is 5.63. The SMILES string of the molecule is Cl.NC1CC[C@H](c2ccc(Cl)c(Cl)c2)C1. The Bertz CT molecular complexity index is 341. The Balaban J connectivity index is 0.00000112. The minimum atomic E-state index is 0. The molecule has 1 saturated carbocycles. The van der Waals surface area contributed by atoms with Gasteiger partial charge in [0, 0.05) is 6.04 Å². The highest BCUT2D eigenvalue weighted by Crippen LogP contribution is 2.35. The van der Waals surface area contributed by atoms with Gasteiger partial charge in [0.2, 0.25) is 0 Å². The molecule has 0 amide bonds. The summed E-state index contributed by atoms with van der Waals surface area (Å²) < 4.78 is 0. The lowest BCUT2D eigenvalue weighted by Gasteiger charge is -2.10. The normalized spacial score (nSPS) is 25.0. The van der Waals surface area contributed by atoms with E-state index in [-0.39, 0.29) is 12.4 Å². The van der Waals surface area contributed by atoms with Crippen LogP contribution in [0.1, 0.15) is 30.7 Å². The minimum Gasteiger partial charge on any atom is -0.328 e. The second-order valence-electron chi connectivity index (χ2n) is 3.94. The van der Waals surface area contributed by atoms with Crippen molar-refractivity contribution in [1.29, 1.82) is 0 Å². The predicted octanol–water partition coefficient (Wildman–Crippen LogP) is 4.01. The average Bonchev–Trinajstić information content (AvgIpc) is 2.57. The van der Waals surface area contributed by atoms with Gasteiger partial charge < -0.3 is 5.73 Å². The molecule has 15 heavy (non-hydrogen) atoms. The molecule has 1 aromatic rings. The quantitative estimate of drug-likeness (QED) is 0.816. The van der Waals surface area contributed by atoms with E-state index in [0.29, 0.717) is 22.0 Å². The van der Waals surface area contributed by atoms with Crippen LogP contribution in [0.3, 0.4) is 0 Å². The highest BCUT2D eigenvalue weighted by molar-refractivity contribution is 6.42. The zero-order valence-electron chi connectivity index (χ0n) is 8.25. The van der Waals surface area contributed by atoms with Gasteiger partial charge in [-0.05, 0) is 42.9 Å². The van der Waals surface area contributed by atoms with E-state index in [2.05, 4.69) is 6.07 Å². The van der Waals surface area contributed by atoms with Gasteiger partial charge in [0.15, 0.2) is 0 Å². The molecule has 1 fully saturated rings. The van der Waals surface area contributed by atoms with E-state index in [9.17, 15) is 0 Å². The van der Waals surface area contributed by atoms with Crippen LogP contribution in [0, 0.1) is 0 Å². The highest BCUT2D eigenvalue weighted by atomic mass is 35.5. The molecule has 1 aliphatic rings. The van der Waals surface area contributed by atoms with Crippen molar-refractivity contribution >= 4 is 35.6 Å². The first-order chi connectivity index (χ1) is 6.66. The summed E-state index contributed by atoms with van der Waals surface area (Å²) in [5, 5.41) is 1.27. The summed E-state index contributed by atoms with van der Waals surface area (Å²) in [6.07, 6.45) is 3.35. The standard InChI is InChI=1S/C11H13Cl2N.ClH/c12-10-4-2-8(6-11(10)13)7-1-3-9(14)5-7;/h2,4,6-7,9H,1,3,5,14H2;1H/t7-,9?;/m0./s1. The molecule has 0 aliphatic heterocycles. The van der Waals surface area contributed by atoms with Gasteiger partial charge in [-0.3, -0.25) is 0 Å². The molecular weight excluding hydrogens is 252 g/mol. The topological polar surface area (TPSA) is 26.0 Å². The maximum atomic E-state index is 5.97. The third-order valence-electron chi connectivity index (χ3n) is 2.89. The van der Waals surface area contributed by atoms with Gasteiger partial charge in [0.05, 0.1) is 10.0 Å². The average molecular weight is 267 g/mol. The molecule has 0 aromatic heterocycles. The summed E-state index contributed by atoms with van der Waals surface area (Å²) >= 11 is 11.8. The lowest BCUT2D eigenvalue weighted by molar-refractivity contribution is 0.675. The highest BCUT2D eigenvalue weighted by Gasteiger charge is 2.23. The molecule has 0 spiro atoms. The molecule has 0 radical (unpaired) electrons. The second kappa shape index (κ2) is 5.40. The number of nitrogens with two attached hydrogens (primary N) is 1. The van der Waals surface area contributed by atoms with E-state index in [1.807, 2.05) is 12.1 Å². The summed E-state index contributed by atoms with van der Waals surface area (Å²) in [6.45, 7) is 0. The fraction of sp³-hybridized carbons (Fsp3) is 0.455. The Morgan fingerprint density at radius 2 is 1.87 bits per heavy atom. The van der Waals surface area contributed by atoms with E-state index < -0.39 is 0 Å². The minimum absolute atomic E-state index is 0. The van der Waals surface area contributed by atoms with Crippen LogP contribution >= 0.6 is 35.6 Å². The van der Waals surface area contributed by atoms with E-state index in [1.54, 1.807) is 0 Å². The fourth-order valence-electron chi connectivity index (χ4n) is 2.09. The summed E-state index contributed by atoms with van der Waals surface area (Å²) in [6, 6.07) is 6.24. The van der Waals surface area contributed by atoms with Crippen LogP contribution in [0.4, 0.5) is 0 Å². The van der Waals surface area contributed by atoms with Crippen molar-refractivity contribution in [3.05, 3.63) is 33.8 Å². The maximum absolute atomic E-state index is 5.97. The number of benzene rings is 1. The van der Waals surface area contributed by atoms with Crippen LogP contribution in [-0.2, 0) is 0 Å². The zero-order chi connectivity index (χ0) is 10.1. The van der Waals surface area contributed by atoms with Crippen LogP contribution in [0.5, 0.6) is 0 Å². The molecule has 1 aliphatic carbocycles. The Kier molecular flexibility index (Phi) is 4.72. The second-order valence-corrected chi connectivity index (χ2v) is 4.76. The van der Waals surface area contributed by atoms with Gasteiger partial charge in [0.25, 0.3) is 0 Å². The molecule has 84 valence electrons. The van der Waals surface area contributed by atoms with E-state index >= 15 is 0 Å². The third kappa shape index (κ3) is 3.01. The summed E-state index contributed by atoms with van der Waals surface area (Å²) in [5.41, 5.74) is 7.14. The van der Waals surface area contributed by atoms with Crippen molar-refractivity contribution in [3.8, 4) is 0 Å². The smallest absolute Gasteiger partial charge is 0.0595 e. The molecule has 2 N–H and O–H groups in total. The van der Waals surface area contributed by atoms with Crippen molar-refractivity contribution in [1.82, 2.24) is 0 Å². The molecule has 0 saturated heterocycles. The van der Waals surface area contributed by atoms with Crippen molar-refractivity contribution in [2.45, 2.75) is 31.2 Å².